The number of phenolic OH excluding ortho intramolecular Hbond substituents is 4. The number of nitrogens with one attached hydrogen (secondary N) is 2. The Hall–Kier alpha value is -3.95. The molecular formula is C20H22N2O8. The van der Waals surface area contributed by atoms with Crippen LogP contribution in [0.1, 0.15) is 40.0 Å². The van der Waals surface area contributed by atoms with Crippen molar-refractivity contribution in [2.24, 2.45) is 0 Å². The highest BCUT2D eigenvalue weighted by Gasteiger charge is 2.22. The molecule has 0 saturated heterocycles. The minimum absolute atomic E-state index is 0.0634. The molecule has 10 nitrogen and oxygen atoms in total. The summed E-state index contributed by atoms with van der Waals surface area (Å²) in [6, 6.07) is 6.53. The molecule has 0 aliphatic heterocycles. The van der Waals surface area contributed by atoms with Crippen LogP contribution < -0.4 is 10.6 Å². The highest BCUT2D eigenvalue weighted by molar-refractivity contribution is 5.99. The fraction of sp³-hybridized carbons (Fsp3) is 0.250. The summed E-state index contributed by atoms with van der Waals surface area (Å²) in [5, 5.41) is 52.4. The summed E-state index contributed by atoms with van der Waals surface area (Å²) in [6.45, 7) is 0.182. The van der Waals surface area contributed by atoms with Gasteiger partial charge in [0.2, 0.25) is 0 Å². The minimum atomic E-state index is -1.27. The number of aliphatic carboxylic acids is 1. The lowest BCUT2D eigenvalue weighted by Crippen LogP contribution is -2.40. The van der Waals surface area contributed by atoms with Crippen molar-refractivity contribution in [3.05, 3.63) is 47.5 Å². The first-order chi connectivity index (χ1) is 14.2. The van der Waals surface area contributed by atoms with Gasteiger partial charge in [-0.25, -0.2) is 4.79 Å². The van der Waals surface area contributed by atoms with Crippen molar-refractivity contribution >= 4 is 17.8 Å². The molecule has 0 radical (unpaired) electrons. The summed E-state index contributed by atoms with van der Waals surface area (Å²) < 4.78 is 0. The van der Waals surface area contributed by atoms with E-state index in [1.165, 1.54) is 36.4 Å². The highest BCUT2D eigenvalue weighted by Crippen LogP contribution is 2.28. The Morgan fingerprint density at radius 1 is 0.800 bits per heavy atom. The van der Waals surface area contributed by atoms with Crippen LogP contribution in [-0.4, -0.2) is 55.9 Å². The first-order valence-electron chi connectivity index (χ1n) is 9.06. The van der Waals surface area contributed by atoms with Gasteiger partial charge in [0.25, 0.3) is 11.8 Å². The summed E-state index contributed by atoms with van der Waals surface area (Å²) in [4.78, 5) is 35.6. The van der Waals surface area contributed by atoms with Crippen LogP contribution in [-0.2, 0) is 4.79 Å². The van der Waals surface area contributed by atoms with Crippen molar-refractivity contribution in [2.75, 3.05) is 6.54 Å². The first-order valence-corrected chi connectivity index (χ1v) is 9.06. The van der Waals surface area contributed by atoms with Crippen molar-refractivity contribution in [1.82, 2.24) is 10.6 Å². The molecule has 0 spiro atoms. The van der Waals surface area contributed by atoms with Crippen molar-refractivity contribution in [3.8, 4) is 23.0 Å². The van der Waals surface area contributed by atoms with E-state index in [0.29, 0.717) is 12.8 Å². The average molecular weight is 418 g/mol. The number of carbonyl (C=O) groups excluding carboxylic acids is 2. The molecule has 0 unspecified atom stereocenters. The monoisotopic (exact) mass is 418 g/mol. The highest BCUT2D eigenvalue weighted by atomic mass is 16.4. The van der Waals surface area contributed by atoms with E-state index in [9.17, 15) is 39.9 Å². The van der Waals surface area contributed by atoms with Crippen LogP contribution in [0.4, 0.5) is 0 Å². The second-order valence-electron chi connectivity index (χ2n) is 6.46. The Bertz CT molecular complexity index is 944. The molecule has 10 heteroatoms. The van der Waals surface area contributed by atoms with Crippen molar-refractivity contribution in [1.29, 1.82) is 0 Å². The topological polar surface area (TPSA) is 176 Å². The molecule has 2 rings (SSSR count). The average Bonchev–Trinajstić information content (AvgIpc) is 2.70. The van der Waals surface area contributed by atoms with Gasteiger partial charge in [-0.2, -0.15) is 0 Å². The number of hydrogen-bond donors (Lipinski definition) is 7. The SMILES string of the molecule is O=C(NCCCC[C@@H](NC(=O)c1cccc(O)c1O)C(=O)O)c1cccc(O)c1O. The Labute approximate surface area is 171 Å². The van der Waals surface area contributed by atoms with Crippen LogP contribution in [0.5, 0.6) is 23.0 Å². The first kappa shape index (κ1) is 22.3. The molecule has 0 saturated carbocycles. The number of benzene rings is 2. The fourth-order valence-electron chi connectivity index (χ4n) is 2.69. The maximum Gasteiger partial charge on any atom is 0.326 e. The molecule has 1 atom stereocenters. The van der Waals surface area contributed by atoms with Crippen LogP contribution in [0, 0.1) is 0 Å². The van der Waals surface area contributed by atoms with Gasteiger partial charge in [-0.3, -0.25) is 9.59 Å². The number of hydrogen-bond acceptors (Lipinski definition) is 7. The Balaban J connectivity index is 1.83. The van der Waals surface area contributed by atoms with Crippen LogP contribution in [0.2, 0.25) is 0 Å². The van der Waals surface area contributed by atoms with Gasteiger partial charge in [0, 0.05) is 6.54 Å². The molecule has 0 fully saturated rings. The van der Waals surface area contributed by atoms with E-state index in [2.05, 4.69) is 10.6 Å². The quantitative estimate of drug-likeness (QED) is 0.235. The van der Waals surface area contributed by atoms with E-state index in [4.69, 9.17) is 0 Å². The van der Waals surface area contributed by atoms with Gasteiger partial charge in [0.1, 0.15) is 6.04 Å². The van der Waals surface area contributed by atoms with Gasteiger partial charge in [0.05, 0.1) is 11.1 Å². The maximum absolute atomic E-state index is 12.2. The summed E-state index contributed by atoms with van der Waals surface area (Å²) in [5.74, 6) is -4.79. The van der Waals surface area contributed by atoms with Gasteiger partial charge in [-0.1, -0.05) is 12.1 Å². The molecule has 7 N–H and O–H groups in total. The van der Waals surface area contributed by atoms with Gasteiger partial charge in [-0.15, -0.1) is 0 Å². The van der Waals surface area contributed by atoms with Crippen molar-refractivity contribution < 1.29 is 39.9 Å². The molecule has 0 aromatic heterocycles. The smallest absolute Gasteiger partial charge is 0.326 e. The number of amides is 2. The zero-order chi connectivity index (χ0) is 22.3. The van der Waals surface area contributed by atoms with Crippen molar-refractivity contribution in [3.63, 3.8) is 0 Å². The molecule has 0 bridgehead atoms. The lowest BCUT2D eigenvalue weighted by atomic mass is 10.1. The molecule has 0 aliphatic carbocycles. The molecule has 2 amide bonds. The largest absolute Gasteiger partial charge is 0.504 e. The number of unbranched alkanes of at least 4 members (excludes halogenated alkanes) is 1. The number of para-hydroxylation sites is 2. The lowest BCUT2D eigenvalue weighted by Gasteiger charge is -2.15. The number of carboxylic acid groups (broad SMARTS) is 1. The molecule has 30 heavy (non-hydrogen) atoms. The van der Waals surface area contributed by atoms with Crippen LogP contribution in [0.25, 0.3) is 0 Å². The molecule has 2 aromatic carbocycles. The molecule has 160 valence electrons. The fourth-order valence-corrected chi connectivity index (χ4v) is 2.69. The minimum Gasteiger partial charge on any atom is -0.504 e. The zero-order valence-corrected chi connectivity index (χ0v) is 15.8. The molecule has 0 aliphatic rings. The van der Waals surface area contributed by atoms with Gasteiger partial charge < -0.3 is 36.2 Å². The zero-order valence-electron chi connectivity index (χ0n) is 15.8. The van der Waals surface area contributed by atoms with E-state index in [1.807, 2.05) is 0 Å². The second kappa shape index (κ2) is 10.0. The number of carboxylic acids is 1. The summed E-state index contributed by atoms with van der Waals surface area (Å²) >= 11 is 0. The van der Waals surface area contributed by atoms with Crippen LogP contribution in [0.15, 0.2) is 36.4 Å². The van der Waals surface area contributed by atoms with Crippen LogP contribution >= 0.6 is 0 Å². The third kappa shape index (κ3) is 5.53. The van der Waals surface area contributed by atoms with Gasteiger partial charge in [0.15, 0.2) is 23.0 Å². The summed E-state index contributed by atoms with van der Waals surface area (Å²) in [7, 11) is 0. The summed E-state index contributed by atoms with van der Waals surface area (Å²) in [6.07, 6.45) is 0.797. The van der Waals surface area contributed by atoms with Crippen LogP contribution in [0.3, 0.4) is 0 Å². The third-order valence-electron chi connectivity index (χ3n) is 4.33. The van der Waals surface area contributed by atoms with E-state index < -0.39 is 46.8 Å². The molecule has 2 aromatic rings. The van der Waals surface area contributed by atoms with Gasteiger partial charge >= 0.3 is 5.97 Å². The Morgan fingerprint density at radius 3 is 1.87 bits per heavy atom. The number of aromatic hydroxyl groups is 4. The summed E-state index contributed by atoms with van der Waals surface area (Å²) in [5.41, 5.74) is -0.337. The van der Waals surface area contributed by atoms with E-state index >= 15 is 0 Å². The van der Waals surface area contributed by atoms with E-state index in [-0.39, 0.29) is 24.1 Å². The third-order valence-corrected chi connectivity index (χ3v) is 4.33. The predicted molar refractivity (Wildman–Crippen MR) is 105 cm³/mol. The lowest BCUT2D eigenvalue weighted by molar-refractivity contribution is -0.139. The van der Waals surface area contributed by atoms with Gasteiger partial charge in [-0.05, 0) is 43.5 Å². The Kier molecular flexibility index (Phi) is 7.45. The number of rotatable bonds is 9. The second-order valence-corrected chi connectivity index (χ2v) is 6.46. The van der Waals surface area contributed by atoms with E-state index in [1.54, 1.807) is 0 Å². The predicted octanol–water partition coefficient (Wildman–Crippen LogP) is 1.29. The van der Waals surface area contributed by atoms with Crippen molar-refractivity contribution in [2.45, 2.75) is 25.3 Å². The number of carbonyl (C=O) groups is 3. The molecular weight excluding hydrogens is 396 g/mol. The normalized spacial score (nSPS) is 11.5. The standard InChI is InChI=1S/C20H22N2O8/c23-14-8-3-5-11(16(14)25)18(27)21-10-2-1-7-13(20(29)30)22-19(28)12-6-4-9-15(24)17(12)26/h3-6,8-9,13,23-26H,1-2,7,10H2,(H,21,27)(H,22,28)(H,29,30)/t13-/m1/s1. The Morgan fingerprint density at radius 2 is 1.33 bits per heavy atom. The van der Waals surface area contributed by atoms with E-state index in [0.717, 1.165) is 0 Å². The maximum atomic E-state index is 12.2. The number of phenols is 4. The molecule has 0 heterocycles.